The number of carbonyl (C=O) groups is 1. The Balaban J connectivity index is 1.91. The molecule has 1 heterocycles. The fraction of sp³-hybridized carbons (Fsp3) is 0. The highest BCUT2D eigenvalue weighted by Gasteiger charge is 2.13. The minimum atomic E-state index is -0.324. The average molecular weight is 331 g/mol. The third kappa shape index (κ3) is 2.40. The Kier molecular flexibility index (Phi) is 3.20. The van der Waals surface area contributed by atoms with E-state index in [2.05, 4.69) is 21.2 Å². The van der Waals surface area contributed by atoms with Gasteiger partial charge in [-0.15, -0.1) is 0 Å². The molecule has 4 nitrogen and oxygen atoms in total. The maximum atomic E-state index is 12.1. The van der Waals surface area contributed by atoms with Gasteiger partial charge >= 0.3 is 0 Å². The Labute approximate surface area is 123 Å². The van der Waals surface area contributed by atoms with Crippen molar-refractivity contribution in [2.45, 2.75) is 0 Å². The lowest BCUT2D eigenvalue weighted by Gasteiger charge is -2.05. The molecule has 3 aromatic rings. The maximum absolute atomic E-state index is 12.1. The zero-order chi connectivity index (χ0) is 14.1. The number of nitrogens with one attached hydrogen (secondary N) is 1. The van der Waals surface area contributed by atoms with Crippen molar-refractivity contribution in [1.82, 2.24) is 0 Å². The Morgan fingerprint density at radius 2 is 1.95 bits per heavy atom. The third-order valence-electron chi connectivity index (χ3n) is 2.91. The molecule has 5 heteroatoms. The lowest BCUT2D eigenvalue weighted by molar-refractivity contribution is 0.0999. The van der Waals surface area contributed by atoms with Crippen LogP contribution in [0, 0.1) is 0 Å². The van der Waals surface area contributed by atoms with Crippen LogP contribution in [0.15, 0.2) is 57.4 Å². The molecule has 3 N–H and O–H groups in total. The molecule has 0 radical (unpaired) electrons. The minimum Gasteiger partial charge on any atom is -0.451 e. The number of furan rings is 1. The number of rotatable bonds is 2. The van der Waals surface area contributed by atoms with Crippen molar-refractivity contribution in [1.29, 1.82) is 0 Å². The Morgan fingerprint density at radius 3 is 2.75 bits per heavy atom. The van der Waals surface area contributed by atoms with Crippen LogP contribution in [0.1, 0.15) is 10.6 Å². The second-order valence-corrected chi connectivity index (χ2v) is 5.25. The first kappa shape index (κ1) is 12.7. The number of para-hydroxylation sites is 2. The Morgan fingerprint density at radius 1 is 1.15 bits per heavy atom. The van der Waals surface area contributed by atoms with Gasteiger partial charge in [0.1, 0.15) is 5.58 Å². The fourth-order valence-corrected chi connectivity index (χ4v) is 2.30. The second kappa shape index (κ2) is 5.02. The quantitative estimate of drug-likeness (QED) is 0.697. The van der Waals surface area contributed by atoms with E-state index in [-0.39, 0.29) is 11.7 Å². The molecule has 0 fully saturated rings. The summed E-state index contributed by atoms with van der Waals surface area (Å²) in [5.41, 5.74) is 7.54. The van der Waals surface area contributed by atoms with Gasteiger partial charge in [0.25, 0.3) is 5.91 Å². The largest absolute Gasteiger partial charge is 0.451 e. The van der Waals surface area contributed by atoms with E-state index in [9.17, 15) is 4.79 Å². The first-order chi connectivity index (χ1) is 9.63. The van der Waals surface area contributed by atoms with E-state index < -0.39 is 0 Å². The van der Waals surface area contributed by atoms with Gasteiger partial charge in [0.2, 0.25) is 0 Å². The van der Waals surface area contributed by atoms with Crippen molar-refractivity contribution in [3.8, 4) is 0 Å². The van der Waals surface area contributed by atoms with Crippen LogP contribution in [0.25, 0.3) is 11.0 Å². The number of benzene rings is 2. The number of hydrogen-bond acceptors (Lipinski definition) is 3. The summed E-state index contributed by atoms with van der Waals surface area (Å²) in [6.45, 7) is 0. The number of amides is 1. The summed E-state index contributed by atoms with van der Waals surface area (Å²) in [5.74, 6) is -0.0726. The lowest BCUT2D eigenvalue weighted by Crippen LogP contribution is -2.12. The summed E-state index contributed by atoms with van der Waals surface area (Å²) in [4.78, 5) is 12.1. The van der Waals surface area contributed by atoms with Crippen molar-refractivity contribution in [2.24, 2.45) is 0 Å². The number of anilines is 2. The molecule has 1 aromatic heterocycles. The number of fused-ring (bicyclic) bond motifs is 1. The number of nitrogens with two attached hydrogens (primary N) is 1. The normalized spacial score (nSPS) is 10.7. The van der Waals surface area contributed by atoms with Crippen molar-refractivity contribution in [2.75, 3.05) is 11.1 Å². The molecule has 3 rings (SSSR count). The minimum absolute atomic E-state index is 0.251. The van der Waals surface area contributed by atoms with Crippen molar-refractivity contribution >= 4 is 44.2 Å². The van der Waals surface area contributed by atoms with Crippen molar-refractivity contribution in [3.63, 3.8) is 0 Å². The Bertz CT molecular complexity index is 795. The van der Waals surface area contributed by atoms with Gasteiger partial charge in [-0.1, -0.05) is 28.1 Å². The van der Waals surface area contributed by atoms with Crippen molar-refractivity contribution < 1.29 is 9.21 Å². The maximum Gasteiger partial charge on any atom is 0.291 e. The van der Waals surface area contributed by atoms with Gasteiger partial charge in [-0.05, 0) is 36.4 Å². The molecule has 0 bridgehead atoms. The monoisotopic (exact) mass is 330 g/mol. The molecule has 100 valence electrons. The topological polar surface area (TPSA) is 68.3 Å². The van der Waals surface area contributed by atoms with Crippen LogP contribution < -0.4 is 11.1 Å². The van der Waals surface area contributed by atoms with Crippen LogP contribution in [0.2, 0.25) is 0 Å². The lowest BCUT2D eigenvalue weighted by atomic mass is 10.2. The predicted molar refractivity (Wildman–Crippen MR) is 82.7 cm³/mol. The first-order valence-corrected chi connectivity index (χ1v) is 6.78. The van der Waals surface area contributed by atoms with Gasteiger partial charge in [0.15, 0.2) is 5.76 Å². The molecular formula is C15H11BrN2O2. The van der Waals surface area contributed by atoms with Gasteiger partial charge in [0, 0.05) is 9.86 Å². The van der Waals surface area contributed by atoms with E-state index in [1.807, 2.05) is 30.3 Å². The molecule has 2 aromatic carbocycles. The van der Waals surface area contributed by atoms with Crippen molar-refractivity contribution in [3.05, 3.63) is 58.8 Å². The fourth-order valence-electron chi connectivity index (χ4n) is 1.92. The van der Waals surface area contributed by atoms with Gasteiger partial charge < -0.3 is 15.5 Å². The van der Waals surface area contributed by atoms with E-state index in [0.29, 0.717) is 17.0 Å². The van der Waals surface area contributed by atoms with Gasteiger partial charge in [-0.25, -0.2) is 0 Å². The first-order valence-electron chi connectivity index (χ1n) is 5.98. The van der Waals surface area contributed by atoms with Crippen LogP contribution in [0.4, 0.5) is 11.4 Å². The molecule has 0 aliphatic rings. The summed E-state index contributed by atoms with van der Waals surface area (Å²) in [5, 5.41) is 3.60. The zero-order valence-electron chi connectivity index (χ0n) is 10.4. The second-order valence-electron chi connectivity index (χ2n) is 4.33. The molecule has 0 unspecified atom stereocenters. The smallest absolute Gasteiger partial charge is 0.291 e. The SMILES string of the molecule is Nc1ccccc1NC(=O)c1cc2cc(Br)ccc2o1. The van der Waals surface area contributed by atoms with Crippen LogP contribution in [-0.4, -0.2) is 5.91 Å². The van der Waals surface area contributed by atoms with Crippen LogP contribution >= 0.6 is 15.9 Å². The molecule has 1 amide bonds. The van der Waals surface area contributed by atoms with Gasteiger partial charge in [0.05, 0.1) is 11.4 Å². The average Bonchev–Trinajstić information content (AvgIpc) is 2.84. The van der Waals surface area contributed by atoms with Crippen LogP contribution in [0.3, 0.4) is 0 Å². The highest BCUT2D eigenvalue weighted by molar-refractivity contribution is 9.10. The highest BCUT2D eigenvalue weighted by Crippen LogP contribution is 2.24. The summed E-state index contributed by atoms with van der Waals surface area (Å²) < 4.78 is 6.46. The molecule has 0 spiro atoms. The molecule has 0 atom stereocenters. The number of nitrogen functional groups attached to an aromatic ring is 1. The summed E-state index contributed by atoms with van der Waals surface area (Å²) >= 11 is 3.38. The number of halogens is 1. The molecular weight excluding hydrogens is 320 g/mol. The summed E-state index contributed by atoms with van der Waals surface area (Å²) in [6, 6.07) is 14.4. The van der Waals surface area contributed by atoms with E-state index in [1.54, 1.807) is 18.2 Å². The predicted octanol–water partition coefficient (Wildman–Crippen LogP) is 4.03. The highest BCUT2D eigenvalue weighted by atomic mass is 79.9. The molecule has 0 aliphatic carbocycles. The summed E-state index contributed by atoms with van der Waals surface area (Å²) in [7, 11) is 0. The molecule has 0 aliphatic heterocycles. The van der Waals surface area contributed by atoms with E-state index in [4.69, 9.17) is 10.2 Å². The van der Waals surface area contributed by atoms with E-state index in [0.717, 1.165) is 9.86 Å². The molecule has 0 saturated heterocycles. The standard InChI is InChI=1S/C15H11BrN2O2/c16-10-5-6-13-9(7-10)8-14(20-13)15(19)18-12-4-2-1-3-11(12)17/h1-8H,17H2,(H,18,19). The summed E-state index contributed by atoms with van der Waals surface area (Å²) in [6.07, 6.45) is 0. The van der Waals surface area contributed by atoms with E-state index >= 15 is 0 Å². The number of hydrogen-bond donors (Lipinski definition) is 2. The van der Waals surface area contributed by atoms with Gasteiger partial charge in [-0.3, -0.25) is 4.79 Å². The molecule has 0 saturated carbocycles. The zero-order valence-corrected chi connectivity index (χ0v) is 12.0. The third-order valence-corrected chi connectivity index (χ3v) is 3.40. The van der Waals surface area contributed by atoms with Gasteiger partial charge in [-0.2, -0.15) is 0 Å². The molecule has 20 heavy (non-hydrogen) atoms. The Hall–Kier alpha value is -2.27. The number of carbonyl (C=O) groups excluding carboxylic acids is 1. The van der Waals surface area contributed by atoms with Crippen LogP contribution in [0.5, 0.6) is 0 Å². The van der Waals surface area contributed by atoms with E-state index in [1.165, 1.54) is 0 Å². The van der Waals surface area contributed by atoms with Crippen LogP contribution in [-0.2, 0) is 0 Å².